The molecule has 1 fully saturated rings. The molecule has 0 radical (unpaired) electrons. The second-order valence-electron chi connectivity index (χ2n) is 6.14. The van der Waals surface area contributed by atoms with E-state index < -0.39 is 0 Å². The molecule has 1 aromatic heterocycles. The molecule has 0 saturated carbocycles. The van der Waals surface area contributed by atoms with Crippen LogP contribution in [0.15, 0.2) is 41.4 Å². The summed E-state index contributed by atoms with van der Waals surface area (Å²) in [5.74, 6) is 0.192. The molecule has 2 atom stereocenters. The lowest BCUT2D eigenvalue weighted by Crippen LogP contribution is -2.47. The molecule has 1 aromatic carbocycles. The molecule has 6 heteroatoms. The van der Waals surface area contributed by atoms with Crippen LogP contribution in [0.25, 0.3) is 17.0 Å². The minimum absolute atomic E-state index is 0.0430. The van der Waals surface area contributed by atoms with Gasteiger partial charge in [0.25, 0.3) is 5.91 Å². The van der Waals surface area contributed by atoms with Crippen LogP contribution in [-0.4, -0.2) is 34.1 Å². The van der Waals surface area contributed by atoms with Crippen molar-refractivity contribution in [2.24, 2.45) is 5.92 Å². The number of pyridine rings is 1. The summed E-state index contributed by atoms with van der Waals surface area (Å²) in [5, 5.41) is 16.6. The fraction of sp³-hybridized carbons (Fsp3) is 0.333. The normalized spacial score (nSPS) is 20.8. The van der Waals surface area contributed by atoms with E-state index in [2.05, 4.69) is 15.6 Å². The van der Waals surface area contributed by atoms with Crippen molar-refractivity contribution in [3.63, 3.8) is 0 Å². The summed E-state index contributed by atoms with van der Waals surface area (Å²) in [6, 6.07) is 9.79. The van der Waals surface area contributed by atoms with E-state index in [-0.39, 0.29) is 30.0 Å². The number of amides is 1. The predicted molar refractivity (Wildman–Crippen MR) is 98.1 cm³/mol. The van der Waals surface area contributed by atoms with E-state index in [1.54, 1.807) is 6.20 Å². The summed E-state index contributed by atoms with van der Waals surface area (Å²) < 4.78 is 0. The monoisotopic (exact) mass is 343 g/mol. The molecule has 0 bridgehead atoms. The van der Waals surface area contributed by atoms with Crippen LogP contribution in [0.1, 0.15) is 19.4 Å². The van der Waals surface area contributed by atoms with Crippen molar-refractivity contribution in [1.29, 1.82) is 0 Å². The maximum absolute atomic E-state index is 12.2. The van der Waals surface area contributed by atoms with Crippen molar-refractivity contribution in [2.75, 3.05) is 6.61 Å². The number of aliphatic hydroxyl groups is 1. The van der Waals surface area contributed by atoms with Crippen molar-refractivity contribution < 1.29 is 9.90 Å². The van der Waals surface area contributed by atoms with Crippen molar-refractivity contribution in [1.82, 2.24) is 15.6 Å². The van der Waals surface area contributed by atoms with Crippen LogP contribution in [0.5, 0.6) is 0 Å². The zero-order chi connectivity index (χ0) is 17.1. The zero-order valence-electron chi connectivity index (χ0n) is 13.7. The Labute approximate surface area is 145 Å². The molecule has 1 amide bonds. The number of nitrogens with one attached hydrogen (secondary N) is 2. The lowest BCUT2D eigenvalue weighted by molar-refractivity contribution is -0.116. The Bertz CT molecular complexity index is 776. The van der Waals surface area contributed by atoms with E-state index >= 15 is 0 Å². The van der Waals surface area contributed by atoms with E-state index in [1.807, 2.05) is 50.3 Å². The number of aliphatic hydroxyl groups excluding tert-OH is 1. The van der Waals surface area contributed by atoms with Gasteiger partial charge in [-0.15, -0.1) is 0 Å². The van der Waals surface area contributed by atoms with E-state index in [0.717, 1.165) is 16.5 Å². The Morgan fingerprint density at radius 1 is 1.42 bits per heavy atom. The lowest BCUT2D eigenvalue weighted by Gasteiger charge is -2.23. The molecule has 0 spiro atoms. The van der Waals surface area contributed by atoms with Crippen molar-refractivity contribution in [3.8, 4) is 0 Å². The van der Waals surface area contributed by atoms with Crippen LogP contribution in [0.2, 0.25) is 0 Å². The van der Waals surface area contributed by atoms with Crippen LogP contribution in [0.3, 0.4) is 0 Å². The lowest BCUT2D eigenvalue weighted by atomic mass is 10.1. The zero-order valence-corrected chi connectivity index (χ0v) is 14.5. The molecular formula is C18H21N3O2S. The van der Waals surface area contributed by atoms with Gasteiger partial charge in [0.1, 0.15) is 5.50 Å². The van der Waals surface area contributed by atoms with Gasteiger partial charge in [0.05, 0.1) is 17.0 Å². The minimum atomic E-state index is -0.217. The van der Waals surface area contributed by atoms with Crippen LogP contribution in [0, 0.1) is 5.92 Å². The van der Waals surface area contributed by atoms with E-state index in [9.17, 15) is 9.90 Å². The Morgan fingerprint density at radius 2 is 2.25 bits per heavy atom. The molecule has 3 rings (SSSR count). The van der Waals surface area contributed by atoms with Crippen molar-refractivity contribution in [3.05, 3.63) is 47.0 Å². The highest BCUT2D eigenvalue weighted by Gasteiger charge is 2.29. The van der Waals surface area contributed by atoms with Gasteiger partial charge in [0, 0.05) is 17.6 Å². The first-order chi connectivity index (χ1) is 11.6. The van der Waals surface area contributed by atoms with Gasteiger partial charge in [0.15, 0.2) is 0 Å². The molecule has 5 nitrogen and oxygen atoms in total. The second kappa shape index (κ2) is 7.34. The molecule has 1 aliphatic heterocycles. The third kappa shape index (κ3) is 3.77. The highest BCUT2D eigenvalue weighted by molar-refractivity contribution is 8.05. The molecule has 2 aromatic rings. The first-order valence-electron chi connectivity index (χ1n) is 7.98. The highest BCUT2D eigenvalue weighted by atomic mass is 32.2. The van der Waals surface area contributed by atoms with Crippen LogP contribution < -0.4 is 10.6 Å². The number of hydrogen-bond acceptors (Lipinski definition) is 5. The first-order valence-corrected chi connectivity index (χ1v) is 8.85. The first kappa shape index (κ1) is 17.0. The van der Waals surface area contributed by atoms with Crippen LogP contribution >= 0.6 is 11.8 Å². The quantitative estimate of drug-likeness (QED) is 0.727. The van der Waals surface area contributed by atoms with Crippen molar-refractivity contribution in [2.45, 2.75) is 25.4 Å². The fourth-order valence-corrected chi connectivity index (χ4v) is 3.59. The number of carbonyl (C=O) groups excluding carboxylic acids is 1. The Balaban J connectivity index is 1.76. The summed E-state index contributed by atoms with van der Waals surface area (Å²) in [7, 11) is 0. The van der Waals surface area contributed by atoms with Crippen LogP contribution in [0.4, 0.5) is 0 Å². The number of rotatable bonds is 5. The molecule has 1 aliphatic rings. The molecule has 24 heavy (non-hydrogen) atoms. The molecule has 1 unspecified atom stereocenters. The number of nitrogens with zero attached hydrogens (tertiary/aromatic N) is 1. The van der Waals surface area contributed by atoms with Gasteiger partial charge in [-0.25, -0.2) is 0 Å². The third-order valence-electron chi connectivity index (χ3n) is 4.02. The van der Waals surface area contributed by atoms with Gasteiger partial charge in [0.2, 0.25) is 0 Å². The smallest absolute Gasteiger partial charge is 0.259 e. The number of carbonyl (C=O) groups is 1. The molecule has 0 aliphatic carbocycles. The number of benzene rings is 1. The maximum Gasteiger partial charge on any atom is 0.259 e. The summed E-state index contributed by atoms with van der Waals surface area (Å²) in [5.41, 5.74) is 1.69. The summed E-state index contributed by atoms with van der Waals surface area (Å²) in [4.78, 5) is 17.1. The average molecular weight is 343 g/mol. The van der Waals surface area contributed by atoms with Gasteiger partial charge < -0.3 is 10.4 Å². The molecular weight excluding hydrogens is 322 g/mol. The SMILES string of the molecule is CC(C)[C@H](CO)NC1NC(=O)/C(=C/c2ccc3ncccc3c2)S1. The minimum Gasteiger partial charge on any atom is -0.395 e. The van der Waals surface area contributed by atoms with Gasteiger partial charge in [-0.3, -0.25) is 15.1 Å². The van der Waals surface area contributed by atoms with Gasteiger partial charge in [-0.05, 0) is 35.8 Å². The Hall–Kier alpha value is -1.89. The molecule has 3 N–H and O–H groups in total. The predicted octanol–water partition coefficient (Wildman–Crippen LogP) is 2.33. The number of thioether (sulfide) groups is 1. The van der Waals surface area contributed by atoms with E-state index in [1.165, 1.54) is 11.8 Å². The number of aromatic nitrogens is 1. The topological polar surface area (TPSA) is 74.2 Å². The fourth-order valence-electron chi connectivity index (χ4n) is 2.56. The van der Waals surface area contributed by atoms with E-state index in [4.69, 9.17) is 0 Å². The third-order valence-corrected chi connectivity index (χ3v) is 5.07. The molecule has 1 saturated heterocycles. The Kier molecular flexibility index (Phi) is 5.18. The van der Waals surface area contributed by atoms with Gasteiger partial charge in [-0.1, -0.05) is 37.7 Å². The van der Waals surface area contributed by atoms with E-state index in [0.29, 0.717) is 4.91 Å². The highest BCUT2D eigenvalue weighted by Crippen LogP contribution is 2.29. The second-order valence-corrected chi connectivity index (χ2v) is 7.28. The standard InChI is InChI=1S/C18H21N3O2S/c1-11(2)15(10-22)20-18-21-17(23)16(24-18)9-12-5-6-14-13(8-12)4-3-7-19-14/h3-9,11,15,18,20,22H,10H2,1-2H3,(H,21,23)/b16-9-/t15-,18?/m0/s1. The summed E-state index contributed by atoms with van der Waals surface area (Å²) >= 11 is 1.44. The van der Waals surface area contributed by atoms with Crippen molar-refractivity contribution >= 4 is 34.6 Å². The molecule has 126 valence electrons. The number of fused-ring (bicyclic) bond motifs is 1. The maximum atomic E-state index is 12.2. The summed E-state index contributed by atoms with van der Waals surface area (Å²) in [6.07, 6.45) is 3.65. The average Bonchev–Trinajstić information content (AvgIpc) is 2.91. The Morgan fingerprint density at radius 3 is 3.00 bits per heavy atom. The largest absolute Gasteiger partial charge is 0.395 e. The van der Waals surface area contributed by atoms with Gasteiger partial charge >= 0.3 is 0 Å². The summed E-state index contributed by atoms with van der Waals surface area (Å²) in [6.45, 7) is 4.12. The molecule has 2 heterocycles. The van der Waals surface area contributed by atoms with Crippen LogP contribution in [-0.2, 0) is 4.79 Å². The van der Waals surface area contributed by atoms with Gasteiger partial charge in [-0.2, -0.15) is 0 Å². The number of hydrogen-bond donors (Lipinski definition) is 3.